The molecule has 0 bridgehead atoms. The summed E-state index contributed by atoms with van der Waals surface area (Å²) in [5.74, 6) is 0. The van der Waals surface area contributed by atoms with Gasteiger partial charge in [-0.3, -0.25) is 4.31 Å². The van der Waals surface area contributed by atoms with Gasteiger partial charge in [-0.05, 0) is 12.1 Å². The summed E-state index contributed by atoms with van der Waals surface area (Å²) >= 11 is 4.81. The summed E-state index contributed by atoms with van der Waals surface area (Å²) in [6.07, 6.45) is 1.14. The van der Waals surface area contributed by atoms with Gasteiger partial charge in [-0.1, -0.05) is 24.4 Å². The molecule has 2 N–H and O–H groups in total. The number of sulfonamides is 1. The largest absolute Gasteiger partial charge is 0.389 e. The van der Waals surface area contributed by atoms with Crippen LogP contribution in [0.25, 0.3) is 0 Å². The average Bonchev–Trinajstić information content (AvgIpc) is 2.15. The van der Waals surface area contributed by atoms with Gasteiger partial charge in [-0.2, -0.15) is 0 Å². The van der Waals surface area contributed by atoms with Crippen molar-refractivity contribution < 1.29 is 8.42 Å². The molecular formula is C9H12N2O2S2. The fourth-order valence-corrected chi connectivity index (χ4v) is 1.67. The summed E-state index contributed by atoms with van der Waals surface area (Å²) in [5, 5.41) is 0. The highest BCUT2D eigenvalue weighted by atomic mass is 32.2. The maximum atomic E-state index is 11.3. The van der Waals surface area contributed by atoms with Crippen LogP contribution in [0.2, 0.25) is 0 Å². The van der Waals surface area contributed by atoms with Gasteiger partial charge in [0.1, 0.15) is 4.99 Å². The summed E-state index contributed by atoms with van der Waals surface area (Å²) in [6, 6.07) is 6.78. The Morgan fingerprint density at radius 2 is 2.07 bits per heavy atom. The Labute approximate surface area is 94.7 Å². The van der Waals surface area contributed by atoms with Crippen LogP contribution in [0, 0.1) is 0 Å². The molecule has 0 heterocycles. The highest BCUT2D eigenvalue weighted by Crippen LogP contribution is 2.16. The van der Waals surface area contributed by atoms with Crippen LogP contribution in [-0.4, -0.2) is 26.7 Å². The fraction of sp³-hybridized carbons (Fsp3) is 0.222. The molecule has 4 nitrogen and oxygen atoms in total. The number of anilines is 1. The molecule has 1 aromatic rings. The summed E-state index contributed by atoms with van der Waals surface area (Å²) in [5.41, 5.74) is 6.65. The van der Waals surface area contributed by atoms with Crippen LogP contribution < -0.4 is 10.0 Å². The van der Waals surface area contributed by atoms with Gasteiger partial charge in [0, 0.05) is 12.6 Å². The first-order chi connectivity index (χ1) is 6.82. The van der Waals surface area contributed by atoms with Crippen molar-refractivity contribution in [2.75, 3.05) is 17.6 Å². The number of rotatable bonds is 3. The van der Waals surface area contributed by atoms with Crippen LogP contribution in [0.5, 0.6) is 0 Å². The van der Waals surface area contributed by atoms with Gasteiger partial charge in [0.15, 0.2) is 0 Å². The van der Waals surface area contributed by atoms with E-state index in [-0.39, 0.29) is 4.99 Å². The van der Waals surface area contributed by atoms with Crippen molar-refractivity contribution in [1.29, 1.82) is 0 Å². The van der Waals surface area contributed by atoms with E-state index in [9.17, 15) is 8.42 Å². The van der Waals surface area contributed by atoms with Crippen molar-refractivity contribution >= 4 is 32.9 Å². The Kier molecular flexibility index (Phi) is 3.31. The predicted molar refractivity (Wildman–Crippen MR) is 65.6 cm³/mol. The molecule has 1 aromatic carbocycles. The van der Waals surface area contributed by atoms with Crippen LogP contribution in [-0.2, 0) is 10.0 Å². The number of thiocarbonyl (C=S) groups is 1. The topological polar surface area (TPSA) is 63.4 Å². The summed E-state index contributed by atoms with van der Waals surface area (Å²) in [4.78, 5) is 0.249. The SMILES string of the molecule is CN(c1cccc(C(N)=S)c1)S(C)(=O)=O. The lowest BCUT2D eigenvalue weighted by Crippen LogP contribution is -2.25. The second-order valence-electron chi connectivity index (χ2n) is 3.15. The number of hydrogen-bond acceptors (Lipinski definition) is 3. The van der Waals surface area contributed by atoms with Gasteiger partial charge < -0.3 is 5.73 Å². The van der Waals surface area contributed by atoms with E-state index in [1.54, 1.807) is 24.3 Å². The molecule has 0 aliphatic carbocycles. The first-order valence-corrected chi connectivity index (χ1v) is 6.42. The molecule has 0 aliphatic heterocycles. The van der Waals surface area contributed by atoms with Crippen molar-refractivity contribution in [3.8, 4) is 0 Å². The standard InChI is InChI=1S/C9H12N2O2S2/c1-11(15(2,12)13)8-5-3-4-7(6-8)9(10)14/h3-6H,1-2H3,(H2,10,14). The highest BCUT2D eigenvalue weighted by molar-refractivity contribution is 7.92. The third-order valence-corrected chi connectivity index (χ3v) is 3.43. The van der Waals surface area contributed by atoms with Crippen LogP contribution in [0.15, 0.2) is 24.3 Å². The van der Waals surface area contributed by atoms with E-state index in [1.165, 1.54) is 11.4 Å². The molecule has 0 aliphatic rings. The zero-order valence-corrected chi connectivity index (χ0v) is 10.1. The molecule has 6 heteroatoms. The Bertz CT molecular complexity index is 483. The molecule has 0 atom stereocenters. The quantitative estimate of drug-likeness (QED) is 0.796. The van der Waals surface area contributed by atoms with E-state index in [4.69, 9.17) is 18.0 Å². The average molecular weight is 244 g/mol. The fourth-order valence-electron chi connectivity index (χ4n) is 1.05. The third kappa shape index (κ3) is 2.90. The summed E-state index contributed by atoms with van der Waals surface area (Å²) < 4.78 is 23.7. The molecule has 1 rings (SSSR count). The molecule has 82 valence electrons. The van der Waals surface area contributed by atoms with Crippen LogP contribution in [0.1, 0.15) is 5.56 Å². The lowest BCUT2D eigenvalue weighted by Gasteiger charge is -2.17. The van der Waals surface area contributed by atoms with Crippen molar-refractivity contribution in [3.63, 3.8) is 0 Å². The van der Waals surface area contributed by atoms with Crippen molar-refractivity contribution in [2.24, 2.45) is 5.73 Å². The van der Waals surface area contributed by atoms with Gasteiger partial charge in [-0.25, -0.2) is 8.42 Å². The van der Waals surface area contributed by atoms with E-state index in [2.05, 4.69) is 0 Å². The molecule has 0 saturated carbocycles. The maximum Gasteiger partial charge on any atom is 0.231 e. The number of nitrogens with zero attached hydrogens (tertiary/aromatic N) is 1. The minimum atomic E-state index is -3.25. The Morgan fingerprint density at radius 3 is 2.53 bits per heavy atom. The summed E-state index contributed by atoms with van der Waals surface area (Å²) in [6.45, 7) is 0. The lowest BCUT2D eigenvalue weighted by atomic mass is 10.2. The van der Waals surface area contributed by atoms with Crippen LogP contribution in [0.3, 0.4) is 0 Å². The van der Waals surface area contributed by atoms with Crippen molar-refractivity contribution in [2.45, 2.75) is 0 Å². The Balaban J connectivity index is 3.17. The molecule has 0 saturated heterocycles. The maximum absolute atomic E-state index is 11.3. The smallest absolute Gasteiger partial charge is 0.231 e. The van der Waals surface area contributed by atoms with E-state index in [0.717, 1.165) is 6.26 Å². The number of nitrogens with two attached hydrogens (primary N) is 1. The monoisotopic (exact) mass is 244 g/mol. The predicted octanol–water partition coefficient (Wildman–Crippen LogP) is 0.717. The second kappa shape index (κ2) is 4.16. The molecule has 0 spiro atoms. The molecule has 15 heavy (non-hydrogen) atoms. The second-order valence-corrected chi connectivity index (χ2v) is 5.60. The molecule has 0 aromatic heterocycles. The number of hydrogen-bond donors (Lipinski definition) is 1. The molecule has 0 radical (unpaired) electrons. The number of benzene rings is 1. The first-order valence-electron chi connectivity index (χ1n) is 4.16. The van der Waals surface area contributed by atoms with Gasteiger partial charge in [0.25, 0.3) is 0 Å². The van der Waals surface area contributed by atoms with Crippen LogP contribution >= 0.6 is 12.2 Å². The Hall–Kier alpha value is -1.14. The molecule has 0 amide bonds. The Morgan fingerprint density at radius 1 is 1.47 bits per heavy atom. The molecular weight excluding hydrogens is 232 g/mol. The van der Waals surface area contributed by atoms with Gasteiger partial charge >= 0.3 is 0 Å². The van der Waals surface area contributed by atoms with Gasteiger partial charge in [-0.15, -0.1) is 0 Å². The van der Waals surface area contributed by atoms with E-state index in [0.29, 0.717) is 11.3 Å². The minimum absolute atomic E-state index is 0.249. The van der Waals surface area contributed by atoms with Crippen molar-refractivity contribution in [1.82, 2.24) is 0 Å². The van der Waals surface area contributed by atoms with Crippen LogP contribution in [0.4, 0.5) is 5.69 Å². The molecule has 0 unspecified atom stereocenters. The van der Waals surface area contributed by atoms with E-state index in [1.807, 2.05) is 0 Å². The zero-order chi connectivity index (χ0) is 11.6. The lowest BCUT2D eigenvalue weighted by molar-refractivity contribution is 0.600. The normalized spacial score (nSPS) is 11.1. The van der Waals surface area contributed by atoms with E-state index < -0.39 is 10.0 Å². The van der Waals surface area contributed by atoms with Crippen molar-refractivity contribution in [3.05, 3.63) is 29.8 Å². The zero-order valence-electron chi connectivity index (χ0n) is 8.47. The summed E-state index contributed by atoms with van der Waals surface area (Å²) in [7, 11) is -1.77. The molecule has 0 fully saturated rings. The van der Waals surface area contributed by atoms with Gasteiger partial charge in [0.2, 0.25) is 10.0 Å². The van der Waals surface area contributed by atoms with E-state index >= 15 is 0 Å². The highest BCUT2D eigenvalue weighted by Gasteiger charge is 2.12. The minimum Gasteiger partial charge on any atom is -0.389 e. The third-order valence-electron chi connectivity index (χ3n) is 1.99. The first kappa shape index (κ1) is 11.9. The van der Waals surface area contributed by atoms with Gasteiger partial charge in [0.05, 0.1) is 11.9 Å².